The molecule has 0 amide bonds. The second-order valence-corrected chi connectivity index (χ2v) is 5.64. The Kier molecular flexibility index (Phi) is 4.79. The standard InChI is InChI=1S/C13H26N2O2/c1-13(10-14-11-13)17-8-7-15-5-3-12(4-6-15)9-16-2/h12,14H,3-11H2,1-2H3. The highest BCUT2D eigenvalue weighted by atomic mass is 16.5. The van der Waals surface area contributed by atoms with Gasteiger partial charge in [-0.05, 0) is 38.8 Å². The van der Waals surface area contributed by atoms with Gasteiger partial charge in [0, 0.05) is 33.4 Å². The molecule has 2 aliphatic heterocycles. The molecule has 0 saturated carbocycles. The molecule has 0 aromatic carbocycles. The lowest BCUT2D eigenvalue weighted by molar-refractivity contribution is -0.0739. The number of nitrogens with one attached hydrogen (secondary N) is 1. The third-order valence-electron chi connectivity index (χ3n) is 3.97. The summed E-state index contributed by atoms with van der Waals surface area (Å²) >= 11 is 0. The smallest absolute Gasteiger partial charge is 0.0902 e. The minimum atomic E-state index is 0.106. The van der Waals surface area contributed by atoms with Gasteiger partial charge >= 0.3 is 0 Å². The predicted octanol–water partition coefficient (Wildman–Crippen LogP) is 0.723. The van der Waals surface area contributed by atoms with Crippen molar-refractivity contribution in [2.45, 2.75) is 25.4 Å². The number of ether oxygens (including phenoxy) is 2. The fourth-order valence-corrected chi connectivity index (χ4v) is 2.61. The fourth-order valence-electron chi connectivity index (χ4n) is 2.61. The van der Waals surface area contributed by atoms with Crippen LogP contribution in [-0.2, 0) is 9.47 Å². The summed E-state index contributed by atoms with van der Waals surface area (Å²) in [5.74, 6) is 0.769. The molecule has 0 spiro atoms. The summed E-state index contributed by atoms with van der Waals surface area (Å²) < 4.78 is 11.1. The molecule has 17 heavy (non-hydrogen) atoms. The van der Waals surface area contributed by atoms with Crippen molar-refractivity contribution in [3.63, 3.8) is 0 Å². The van der Waals surface area contributed by atoms with Gasteiger partial charge in [0.1, 0.15) is 0 Å². The second-order valence-electron chi connectivity index (χ2n) is 5.64. The van der Waals surface area contributed by atoms with Crippen LogP contribution in [0.5, 0.6) is 0 Å². The SMILES string of the molecule is COCC1CCN(CCOC2(C)CNC2)CC1. The van der Waals surface area contributed by atoms with E-state index in [-0.39, 0.29) is 5.60 Å². The number of methoxy groups -OCH3 is 1. The molecule has 0 radical (unpaired) electrons. The molecule has 0 atom stereocenters. The molecule has 0 aliphatic carbocycles. The van der Waals surface area contributed by atoms with E-state index in [0.29, 0.717) is 0 Å². The quantitative estimate of drug-likeness (QED) is 0.744. The molecule has 0 bridgehead atoms. The first-order chi connectivity index (χ1) is 8.22. The highest BCUT2D eigenvalue weighted by Crippen LogP contribution is 2.18. The van der Waals surface area contributed by atoms with E-state index in [1.807, 2.05) is 0 Å². The fraction of sp³-hybridized carbons (Fsp3) is 1.00. The van der Waals surface area contributed by atoms with Gasteiger partial charge in [-0.2, -0.15) is 0 Å². The van der Waals surface area contributed by atoms with Crippen LogP contribution in [0, 0.1) is 5.92 Å². The van der Waals surface area contributed by atoms with E-state index in [0.717, 1.165) is 38.8 Å². The summed E-state index contributed by atoms with van der Waals surface area (Å²) in [4.78, 5) is 2.52. The lowest BCUT2D eigenvalue weighted by atomic mass is 9.98. The van der Waals surface area contributed by atoms with Crippen LogP contribution in [-0.4, -0.2) is 63.5 Å². The molecule has 2 rings (SSSR count). The van der Waals surface area contributed by atoms with Crippen molar-refractivity contribution in [2.24, 2.45) is 5.92 Å². The van der Waals surface area contributed by atoms with Crippen molar-refractivity contribution in [3.05, 3.63) is 0 Å². The van der Waals surface area contributed by atoms with Gasteiger partial charge < -0.3 is 19.7 Å². The Morgan fingerprint density at radius 2 is 2.00 bits per heavy atom. The van der Waals surface area contributed by atoms with Crippen molar-refractivity contribution in [3.8, 4) is 0 Å². The van der Waals surface area contributed by atoms with Crippen LogP contribution >= 0.6 is 0 Å². The summed E-state index contributed by atoms with van der Waals surface area (Å²) in [5.41, 5.74) is 0.106. The lowest BCUT2D eigenvalue weighted by Gasteiger charge is -2.40. The lowest BCUT2D eigenvalue weighted by Crippen LogP contribution is -2.59. The van der Waals surface area contributed by atoms with Gasteiger partial charge in [0.2, 0.25) is 0 Å². The maximum absolute atomic E-state index is 5.91. The average Bonchev–Trinajstić information content (AvgIpc) is 2.30. The molecule has 2 fully saturated rings. The summed E-state index contributed by atoms with van der Waals surface area (Å²) in [6.45, 7) is 9.47. The van der Waals surface area contributed by atoms with Crippen molar-refractivity contribution >= 4 is 0 Å². The summed E-state index contributed by atoms with van der Waals surface area (Å²) in [7, 11) is 1.80. The van der Waals surface area contributed by atoms with E-state index < -0.39 is 0 Å². The summed E-state index contributed by atoms with van der Waals surface area (Å²) in [6, 6.07) is 0. The van der Waals surface area contributed by atoms with Gasteiger partial charge in [-0.3, -0.25) is 0 Å². The second kappa shape index (κ2) is 6.14. The first-order valence-electron chi connectivity index (χ1n) is 6.78. The third kappa shape index (κ3) is 3.91. The van der Waals surface area contributed by atoms with Crippen LogP contribution in [0.1, 0.15) is 19.8 Å². The molecule has 4 nitrogen and oxygen atoms in total. The zero-order chi connectivity index (χ0) is 12.1. The maximum Gasteiger partial charge on any atom is 0.0902 e. The minimum absolute atomic E-state index is 0.106. The minimum Gasteiger partial charge on any atom is -0.384 e. The largest absolute Gasteiger partial charge is 0.384 e. The Morgan fingerprint density at radius 3 is 2.53 bits per heavy atom. The van der Waals surface area contributed by atoms with Gasteiger partial charge in [-0.25, -0.2) is 0 Å². The number of hydrogen-bond acceptors (Lipinski definition) is 4. The highest BCUT2D eigenvalue weighted by Gasteiger charge is 2.32. The first-order valence-corrected chi connectivity index (χ1v) is 6.78. The Balaban J connectivity index is 1.55. The Bertz CT molecular complexity index is 223. The van der Waals surface area contributed by atoms with E-state index in [9.17, 15) is 0 Å². The van der Waals surface area contributed by atoms with Crippen molar-refractivity contribution in [1.29, 1.82) is 0 Å². The van der Waals surface area contributed by atoms with Crippen LogP contribution < -0.4 is 5.32 Å². The average molecular weight is 242 g/mol. The molecule has 4 heteroatoms. The van der Waals surface area contributed by atoms with E-state index in [1.165, 1.54) is 25.9 Å². The molecule has 2 aliphatic rings. The number of hydrogen-bond donors (Lipinski definition) is 1. The molecule has 2 saturated heterocycles. The third-order valence-corrected chi connectivity index (χ3v) is 3.97. The summed E-state index contributed by atoms with van der Waals surface area (Å²) in [5, 5.41) is 3.26. The van der Waals surface area contributed by atoms with Crippen LogP contribution in [0.25, 0.3) is 0 Å². The van der Waals surface area contributed by atoms with E-state index in [2.05, 4.69) is 17.1 Å². The molecule has 1 N–H and O–H groups in total. The van der Waals surface area contributed by atoms with E-state index >= 15 is 0 Å². The Morgan fingerprint density at radius 1 is 1.29 bits per heavy atom. The molecule has 0 aromatic rings. The number of piperidine rings is 1. The molecule has 100 valence electrons. The molecule has 0 unspecified atom stereocenters. The van der Waals surface area contributed by atoms with Gasteiger partial charge in [0.25, 0.3) is 0 Å². The number of likely N-dealkylation sites (tertiary alicyclic amines) is 1. The van der Waals surface area contributed by atoms with Crippen LogP contribution in [0.15, 0.2) is 0 Å². The van der Waals surface area contributed by atoms with Gasteiger partial charge in [-0.1, -0.05) is 0 Å². The number of nitrogens with zero attached hydrogens (tertiary/aromatic N) is 1. The van der Waals surface area contributed by atoms with E-state index in [1.54, 1.807) is 7.11 Å². The number of rotatable bonds is 6. The summed E-state index contributed by atoms with van der Waals surface area (Å²) in [6.07, 6.45) is 2.54. The molecule has 0 aromatic heterocycles. The topological polar surface area (TPSA) is 33.7 Å². The Hall–Kier alpha value is -0.160. The van der Waals surface area contributed by atoms with Crippen LogP contribution in [0.4, 0.5) is 0 Å². The molecular formula is C13H26N2O2. The zero-order valence-electron chi connectivity index (χ0n) is 11.2. The predicted molar refractivity (Wildman–Crippen MR) is 68.3 cm³/mol. The van der Waals surface area contributed by atoms with Crippen LogP contribution in [0.2, 0.25) is 0 Å². The van der Waals surface area contributed by atoms with Crippen molar-refractivity contribution in [2.75, 3.05) is 53.0 Å². The van der Waals surface area contributed by atoms with E-state index in [4.69, 9.17) is 9.47 Å². The zero-order valence-corrected chi connectivity index (χ0v) is 11.2. The molecular weight excluding hydrogens is 216 g/mol. The highest BCUT2D eigenvalue weighted by molar-refractivity contribution is 4.90. The van der Waals surface area contributed by atoms with Crippen molar-refractivity contribution in [1.82, 2.24) is 10.2 Å². The first kappa shape index (κ1) is 13.3. The normalized spacial score (nSPS) is 25.8. The van der Waals surface area contributed by atoms with Crippen LogP contribution in [0.3, 0.4) is 0 Å². The molecule has 2 heterocycles. The van der Waals surface area contributed by atoms with Gasteiger partial charge in [-0.15, -0.1) is 0 Å². The Labute approximate surface area is 105 Å². The maximum atomic E-state index is 5.91. The van der Waals surface area contributed by atoms with Crippen molar-refractivity contribution < 1.29 is 9.47 Å². The van der Waals surface area contributed by atoms with Gasteiger partial charge in [0.15, 0.2) is 0 Å². The van der Waals surface area contributed by atoms with Gasteiger partial charge in [0.05, 0.1) is 12.2 Å². The monoisotopic (exact) mass is 242 g/mol.